The fraction of sp³-hybridized carbons (Fsp3) is 0. The van der Waals surface area contributed by atoms with Crippen LogP contribution in [0.2, 0.25) is 0 Å². The summed E-state index contributed by atoms with van der Waals surface area (Å²) in [6.45, 7) is 0. The van der Waals surface area contributed by atoms with Gasteiger partial charge >= 0.3 is 0 Å². The molecule has 0 N–H and O–H groups in total. The van der Waals surface area contributed by atoms with Gasteiger partial charge in [0.15, 0.2) is 0 Å². The van der Waals surface area contributed by atoms with Gasteiger partial charge in [-0.15, -0.1) is 0 Å². The third kappa shape index (κ3) is 55.8. The van der Waals surface area contributed by atoms with Crippen LogP contribution >= 0.6 is 0 Å². The molecule has 87 valence electrons. The molecule has 0 saturated carbocycles. The van der Waals surface area contributed by atoms with E-state index in [1.165, 1.54) is 0 Å². The van der Waals surface area contributed by atoms with Crippen molar-refractivity contribution < 1.29 is 192 Å². The Morgan fingerprint density at radius 2 is 0.222 bits per heavy atom. The Morgan fingerprint density at radius 1 is 0.222 bits per heavy atom. The first-order chi connectivity index (χ1) is 0. The first-order valence-corrected chi connectivity index (χ1v) is 0. The summed E-state index contributed by atoms with van der Waals surface area (Å²) in [5.74, 6) is 0. The predicted octanol–water partition coefficient (Wildman–Crippen LogP) is -0.0175. The molecule has 0 bridgehead atoms. The molecule has 0 unspecified atom stereocenters. The van der Waals surface area contributed by atoms with Gasteiger partial charge in [-0.3, -0.25) is 0 Å². The molecule has 0 fully saturated rings. The third-order valence-corrected chi connectivity index (χ3v) is 0. The maximum atomic E-state index is 0. The molecule has 0 heterocycles. The molecule has 0 aromatic carbocycles. The summed E-state index contributed by atoms with van der Waals surface area (Å²) in [4.78, 5) is 0. The van der Waals surface area contributed by atoms with Crippen molar-refractivity contribution in [2.24, 2.45) is 0 Å². The van der Waals surface area contributed by atoms with Crippen molar-refractivity contribution >= 4 is 0 Å². The number of rotatable bonds is 0. The van der Waals surface area contributed by atoms with E-state index in [4.69, 9.17) is 0 Å². The van der Waals surface area contributed by atoms with Crippen molar-refractivity contribution in [3.63, 3.8) is 0 Å². The summed E-state index contributed by atoms with van der Waals surface area (Å²) in [6, 6.07) is 0. The molecule has 9 heteroatoms. The summed E-state index contributed by atoms with van der Waals surface area (Å²) in [7, 11) is 0. The van der Waals surface area contributed by atoms with Crippen molar-refractivity contribution in [2.45, 2.75) is 0 Å². The van der Waals surface area contributed by atoms with Gasteiger partial charge in [-0.1, -0.05) is 0 Å². The molecule has 9 heavy (non-hydrogen) atoms. The van der Waals surface area contributed by atoms with E-state index in [-0.39, 0.29) is 192 Å². The maximum Gasteiger partial charge on any atom is 0 e. The number of hydrogen-bond donors (Lipinski definition) is 0. The van der Waals surface area contributed by atoms with E-state index in [1.54, 1.807) is 0 Å². The van der Waals surface area contributed by atoms with Crippen molar-refractivity contribution in [1.82, 2.24) is 0 Å². The van der Waals surface area contributed by atoms with Gasteiger partial charge in [0.25, 0.3) is 0 Å². The smallest absolute Gasteiger partial charge is 0 e. The molecule has 0 aliphatic carbocycles. The molecule has 0 spiro atoms. The Labute approximate surface area is 187 Å². The quantitative estimate of drug-likeness (QED) is 0.328. The van der Waals surface area contributed by atoms with Crippen LogP contribution in [0, 0.1) is 74.6 Å². The first kappa shape index (κ1) is 81.3. The van der Waals surface area contributed by atoms with Crippen LogP contribution in [-0.4, -0.2) is 0 Å². The van der Waals surface area contributed by atoms with Gasteiger partial charge < -0.3 is 0 Å². The van der Waals surface area contributed by atoms with Crippen LogP contribution in [0.4, 0.5) is 0 Å². The minimum absolute atomic E-state index is 0. The standard InChI is InChI=1S/7Co.2Er. The summed E-state index contributed by atoms with van der Waals surface area (Å²) < 4.78 is 0. The van der Waals surface area contributed by atoms with E-state index < -0.39 is 0 Å². The van der Waals surface area contributed by atoms with Crippen molar-refractivity contribution in [2.75, 3.05) is 0 Å². The molecule has 0 aromatic rings. The summed E-state index contributed by atoms with van der Waals surface area (Å²) in [5.41, 5.74) is 0. The second kappa shape index (κ2) is 65.4. The van der Waals surface area contributed by atoms with Crippen LogP contribution < -0.4 is 0 Å². The van der Waals surface area contributed by atoms with Crippen molar-refractivity contribution in [3.05, 3.63) is 0 Å². The molecule has 0 amide bonds. The van der Waals surface area contributed by atoms with Gasteiger partial charge in [0.05, 0.1) is 0 Å². The second-order valence-corrected chi connectivity index (χ2v) is 0. The fourth-order valence-electron chi connectivity index (χ4n) is 0. The average molecular weight is 747 g/mol. The molecule has 0 saturated heterocycles. The van der Waals surface area contributed by atoms with Gasteiger partial charge in [0.2, 0.25) is 0 Å². The minimum atomic E-state index is 0. The predicted molar refractivity (Wildman–Crippen MR) is 0 cm³/mol. The van der Waals surface area contributed by atoms with Crippen LogP contribution in [0.5, 0.6) is 0 Å². The zero-order valence-electron chi connectivity index (χ0n) is 2.91. The van der Waals surface area contributed by atoms with E-state index in [0.717, 1.165) is 0 Å². The molecular formula is Co7Er2. The monoisotopic (exact) mass is 744 g/mol. The van der Waals surface area contributed by atoms with Crippen LogP contribution in [0.3, 0.4) is 0 Å². The molecule has 0 nitrogen and oxygen atoms in total. The Bertz CT molecular complexity index is 6.88. The second-order valence-electron chi connectivity index (χ2n) is 0. The van der Waals surface area contributed by atoms with Gasteiger partial charge in [-0.05, 0) is 0 Å². The molecule has 0 aliphatic heterocycles. The summed E-state index contributed by atoms with van der Waals surface area (Å²) >= 11 is 0. The zero-order chi connectivity index (χ0) is 0. The molecule has 0 aromatic heterocycles. The topological polar surface area (TPSA) is 0 Å². The fourth-order valence-corrected chi connectivity index (χ4v) is 0. The normalized spacial score (nSPS) is 0. The SMILES string of the molecule is [Co].[Co].[Co].[Co].[Co].[Co].[Co].[Er].[Er]. The van der Waals surface area contributed by atoms with Gasteiger partial charge in [0, 0.05) is 192 Å². The largest absolute Gasteiger partial charge is 0 e. The Kier molecular flexibility index (Phi) is 591. The van der Waals surface area contributed by atoms with Crippen molar-refractivity contribution in [3.8, 4) is 0 Å². The molecule has 0 aliphatic rings. The van der Waals surface area contributed by atoms with Gasteiger partial charge in [0.1, 0.15) is 0 Å². The molecule has 0 rings (SSSR count). The Morgan fingerprint density at radius 3 is 0.222 bits per heavy atom. The Balaban J connectivity index is 0. The van der Waals surface area contributed by atoms with Gasteiger partial charge in [-0.25, -0.2) is 0 Å². The van der Waals surface area contributed by atoms with E-state index in [2.05, 4.69) is 0 Å². The molecular weight excluding hydrogens is 747 g/mol. The average Bonchev–Trinajstić information content (AvgIpc) is 0. The maximum absolute atomic E-state index is 0. The summed E-state index contributed by atoms with van der Waals surface area (Å²) in [6.07, 6.45) is 0. The molecule has 7 radical (unpaired) electrons. The van der Waals surface area contributed by atoms with Crippen LogP contribution in [0.1, 0.15) is 0 Å². The first-order valence-electron chi connectivity index (χ1n) is 0. The Hall–Kier alpha value is 6.04. The van der Waals surface area contributed by atoms with Crippen molar-refractivity contribution in [1.29, 1.82) is 0 Å². The van der Waals surface area contributed by atoms with E-state index >= 15 is 0 Å². The number of hydrogen-bond acceptors (Lipinski definition) is 0. The molecule has 0 atom stereocenters. The van der Waals surface area contributed by atoms with E-state index in [0.29, 0.717) is 0 Å². The zero-order valence-corrected chi connectivity index (χ0v) is 13.9. The van der Waals surface area contributed by atoms with Gasteiger partial charge in [-0.2, -0.15) is 0 Å². The third-order valence-electron chi connectivity index (χ3n) is 0. The van der Waals surface area contributed by atoms with E-state index in [9.17, 15) is 0 Å². The van der Waals surface area contributed by atoms with Crippen LogP contribution in [-0.2, 0) is 117 Å². The summed E-state index contributed by atoms with van der Waals surface area (Å²) in [5, 5.41) is 0. The minimum Gasteiger partial charge on any atom is 0 e. The van der Waals surface area contributed by atoms with Crippen LogP contribution in [0.25, 0.3) is 0 Å². The van der Waals surface area contributed by atoms with E-state index in [1.807, 2.05) is 0 Å². The van der Waals surface area contributed by atoms with Crippen LogP contribution in [0.15, 0.2) is 0 Å².